The molecule has 90 valence electrons. The van der Waals surface area contributed by atoms with Gasteiger partial charge in [0.05, 0.1) is 6.10 Å². The van der Waals surface area contributed by atoms with Crippen molar-refractivity contribution < 1.29 is 13.9 Å². The predicted molar refractivity (Wildman–Crippen MR) is 60.1 cm³/mol. The Morgan fingerprint density at radius 2 is 1.88 bits per heavy atom. The van der Waals surface area contributed by atoms with E-state index in [0.29, 0.717) is 18.4 Å². The van der Waals surface area contributed by atoms with E-state index in [1.165, 1.54) is 12.1 Å². The van der Waals surface area contributed by atoms with E-state index < -0.39 is 17.7 Å². The van der Waals surface area contributed by atoms with Crippen LogP contribution >= 0.6 is 0 Å². The Labute approximate surface area is 95.1 Å². The lowest BCUT2D eigenvalue weighted by Gasteiger charge is -2.25. The van der Waals surface area contributed by atoms with Crippen LogP contribution in [-0.2, 0) is 6.42 Å². The Kier molecular flexibility index (Phi) is 4.03. The standard InChI is InChI=1S/C13H18F2O/c1-13(2,3)12(16)7-5-9-4-6-10(14)8-11(9)15/h4,6,8,12,16H,5,7H2,1-3H3. The summed E-state index contributed by atoms with van der Waals surface area (Å²) in [6.07, 6.45) is 0.410. The van der Waals surface area contributed by atoms with Gasteiger partial charge < -0.3 is 5.11 Å². The van der Waals surface area contributed by atoms with Crippen LogP contribution in [-0.4, -0.2) is 11.2 Å². The molecule has 0 heterocycles. The van der Waals surface area contributed by atoms with E-state index in [1.807, 2.05) is 20.8 Å². The highest BCUT2D eigenvalue weighted by Crippen LogP contribution is 2.23. The third kappa shape index (κ3) is 3.56. The fourth-order valence-corrected chi connectivity index (χ4v) is 1.45. The number of rotatable bonds is 3. The summed E-state index contributed by atoms with van der Waals surface area (Å²) in [7, 11) is 0. The number of hydrogen-bond acceptors (Lipinski definition) is 1. The normalized spacial score (nSPS) is 13.9. The highest BCUT2D eigenvalue weighted by atomic mass is 19.1. The molecule has 1 nitrogen and oxygen atoms in total. The minimum atomic E-state index is -0.572. The minimum absolute atomic E-state index is 0.212. The molecule has 16 heavy (non-hydrogen) atoms. The molecule has 0 spiro atoms. The van der Waals surface area contributed by atoms with Crippen molar-refractivity contribution in [2.24, 2.45) is 5.41 Å². The van der Waals surface area contributed by atoms with E-state index in [-0.39, 0.29) is 5.41 Å². The maximum atomic E-state index is 13.3. The van der Waals surface area contributed by atoms with Gasteiger partial charge in [0.1, 0.15) is 11.6 Å². The summed E-state index contributed by atoms with van der Waals surface area (Å²) in [6, 6.07) is 3.54. The Bertz CT molecular complexity index is 355. The smallest absolute Gasteiger partial charge is 0.129 e. The maximum Gasteiger partial charge on any atom is 0.129 e. The summed E-state index contributed by atoms with van der Waals surface area (Å²) in [5.74, 6) is -1.11. The van der Waals surface area contributed by atoms with Gasteiger partial charge in [0.2, 0.25) is 0 Å². The van der Waals surface area contributed by atoms with Crippen molar-refractivity contribution in [3.63, 3.8) is 0 Å². The molecule has 0 bridgehead atoms. The molecule has 0 saturated carbocycles. The molecule has 1 N–H and O–H groups in total. The fourth-order valence-electron chi connectivity index (χ4n) is 1.45. The molecule has 0 aromatic heterocycles. The number of hydrogen-bond donors (Lipinski definition) is 1. The lowest BCUT2D eigenvalue weighted by molar-refractivity contribution is 0.0558. The van der Waals surface area contributed by atoms with Crippen molar-refractivity contribution >= 4 is 0 Å². The summed E-state index contributed by atoms with van der Waals surface area (Å²) < 4.78 is 25.9. The van der Waals surface area contributed by atoms with Crippen molar-refractivity contribution in [3.8, 4) is 0 Å². The second kappa shape index (κ2) is 4.91. The molecule has 0 amide bonds. The van der Waals surface area contributed by atoms with Gasteiger partial charge in [-0.1, -0.05) is 26.8 Å². The molecular formula is C13H18F2O. The predicted octanol–water partition coefficient (Wildman–Crippen LogP) is 3.30. The van der Waals surface area contributed by atoms with Crippen molar-refractivity contribution in [2.75, 3.05) is 0 Å². The number of aliphatic hydroxyl groups is 1. The van der Waals surface area contributed by atoms with Crippen LogP contribution < -0.4 is 0 Å². The quantitative estimate of drug-likeness (QED) is 0.841. The molecule has 0 aliphatic heterocycles. The molecule has 1 atom stereocenters. The average molecular weight is 228 g/mol. The molecule has 1 rings (SSSR count). The van der Waals surface area contributed by atoms with Crippen LogP contribution in [0.5, 0.6) is 0 Å². The first-order chi connectivity index (χ1) is 7.30. The van der Waals surface area contributed by atoms with Crippen molar-refractivity contribution in [1.82, 2.24) is 0 Å². The number of aliphatic hydroxyl groups excluding tert-OH is 1. The second-order valence-electron chi connectivity index (χ2n) is 5.16. The minimum Gasteiger partial charge on any atom is -0.393 e. The van der Waals surface area contributed by atoms with E-state index in [9.17, 15) is 13.9 Å². The van der Waals surface area contributed by atoms with Gasteiger partial charge in [0, 0.05) is 6.07 Å². The maximum absolute atomic E-state index is 13.3. The van der Waals surface area contributed by atoms with Crippen LogP contribution in [0.4, 0.5) is 8.78 Å². The van der Waals surface area contributed by atoms with E-state index >= 15 is 0 Å². The number of benzene rings is 1. The van der Waals surface area contributed by atoms with Gasteiger partial charge >= 0.3 is 0 Å². The molecule has 0 radical (unpaired) electrons. The van der Waals surface area contributed by atoms with Gasteiger partial charge in [-0.25, -0.2) is 8.78 Å². The number of halogens is 2. The second-order valence-corrected chi connectivity index (χ2v) is 5.16. The third-order valence-corrected chi connectivity index (χ3v) is 2.70. The zero-order valence-electron chi connectivity index (χ0n) is 9.93. The van der Waals surface area contributed by atoms with E-state index in [4.69, 9.17) is 0 Å². The zero-order chi connectivity index (χ0) is 12.3. The average Bonchev–Trinajstić information content (AvgIpc) is 2.14. The highest BCUT2D eigenvalue weighted by Gasteiger charge is 2.21. The molecule has 1 aromatic rings. The Balaban J connectivity index is 2.62. The zero-order valence-corrected chi connectivity index (χ0v) is 9.93. The molecule has 3 heteroatoms. The molecular weight excluding hydrogens is 210 g/mol. The Morgan fingerprint density at radius 1 is 1.25 bits per heavy atom. The molecule has 1 unspecified atom stereocenters. The topological polar surface area (TPSA) is 20.2 Å². The van der Waals surface area contributed by atoms with Crippen LogP contribution in [0.15, 0.2) is 18.2 Å². The molecule has 0 aliphatic carbocycles. The van der Waals surface area contributed by atoms with Crippen LogP contribution in [0, 0.1) is 17.0 Å². The first kappa shape index (κ1) is 13.1. The van der Waals surface area contributed by atoms with Gasteiger partial charge in [0.15, 0.2) is 0 Å². The van der Waals surface area contributed by atoms with Crippen LogP contribution in [0.3, 0.4) is 0 Å². The van der Waals surface area contributed by atoms with Crippen molar-refractivity contribution in [3.05, 3.63) is 35.4 Å². The summed E-state index contributed by atoms with van der Waals surface area (Å²) in [6.45, 7) is 5.79. The largest absolute Gasteiger partial charge is 0.393 e. The SMILES string of the molecule is CC(C)(C)C(O)CCc1ccc(F)cc1F. The highest BCUT2D eigenvalue weighted by molar-refractivity contribution is 5.18. The van der Waals surface area contributed by atoms with Crippen LogP contribution in [0.1, 0.15) is 32.8 Å². The van der Waals surface area contributed by atoms with Gasteiger partial charge in [-0.05, 0) is 29.9 Å². The van der Waals surface area contributed by atoms with E-state index in [1.54, 1.807) is 0 Å². The fraction of sp³-hybridized carbons (Fsp3) is 0.538. The van der Waals surface area contributed by atoms with Gasteiger partial charge in [-0.3, -0.25) is 0 Å². The Hall–Kier alpha value is -0.960. The van der Waals surface area contributed by atoms with E-state index in [2.05, 4.69) is 0 Å². The first-order valence-electron chi connectivity index (χ1n) is 5.42. The monoisotopic (exact) mass is 228 g/mol. The lowest BCUT2D eigenvalue weighted by Crippen LogP contribution is -2.26. The first-order valence-corrected chi connectivity index (χ1v) is 5.42. The van der Waals surface area contributed by atoms with E-state index in [0.717, 1.165) is 6.07 Å². The van der Waals surface area contributed by atoms with Gasteiger partial charge in [-0.15, -0.1) is 0 Å². The molecule has 0 fully saturated rings. The molecule has 0 saturated heterocycles. The lowest BCUT2D eigenvalue weighted by atomic mass is 9.86. The van der Waals surface area contributed by atoms with Crippen LogP contribution in [0.2, 0.25) is 0 Å². The van der Waals surface area contributed by atoms with Gasteiger partial charge in [-0.2, -0.15) is 0 Å². The van der Waals surface area contributed by atoms with Crippen molar-refractivity contribution in [2.45, 2.75) is 39.7 Å². The Morgan fingerprint density at radius 3 is 2.38 bits per heavy atom. The summed E-state index contributed by atoms with van der Waals surface area (Å²) in [4.78, 5) is 0. The summed E-state index contributed by atoms with van der Waals surface area (Å²) >= 11 is 0. The third-order valence-electron chi connectivity index (χ3n) is 2.70. The van der Waals surface area contributed by atoms with Crippen molar-refractivity contribution in [1.29, 1.82) is 0 Å². The van der Waals surface area contributed by atoms with Gasteiger partial charge in [0.25, 0.3) is 0 Å². The summed E-state index contributed by atoms with van der Waals surface area (Å²) in [5.41, 5.74) is 0.237. The molecule has 1 aromatic carbocycles. The molecule has 0 aliphatic rings. The number of aryl methyl sites for hydroxylation is 1. The van der Waals surface area contributed by atoms with Crippen LogP contribution in [0.25, 0.3) is 0 Å². The summed E-state index contributed by atoms with van der Waals surface area (Å²) in [5, 5.41) is 9.80.